The van der Waals surface area contributed by atoms with Gasteiger partial charge in [-0.1, -0.05) is 67.6 Å². The second-order valence-electron chi connectivity index (χ2n) is 10.9. The molecule has 6 N–H and O–H groups in total. The van der Waals surface area contributed by atoms with E-state index in [9.17, 15) is 15.0 Å². The minimum Gasteiger partial charge on any atom is -0.388 e. The van der Waals surface area contributed by atoms with Gasteiger partial charge in [0.05, 0.1) is 24.5 Å². The number of carbonyl (C=O) groups is 1. The number of nitrogens with zero attached hydrogens (tertiary/aromatic N) is 5. The molecule has 1 amide bonds. The summed E-state index contributed by atoms with van der Waals surface area (Å²) in [6, 6.07) is 19.0. The molecule has 6 rings (SSSR count). The normalized spacial score (nSPS) is 24.3. The lowest BCUT2D eigenvalue weighted by molar-refractivity contribution is -0.122. The molecule has 1 saturated heterocycles. The first kappa shape index (κ1) is 27.1. The number of nitrogens with one attached hydrogen (secondary N) is 2. The summed E-state index contributed by atoms with van der Waals surface area (Å²) in [4.78, 5) is 28.7. The molecule has 3 heterocycles. The fraction of sp³-hybridized carbons (Fsp3) is 0.400. The molecular weight excluding hydrogens is 520 g/mol. The number of nitrogens with two attached hydrogens (primary N) is 1. The van der Waals surface area contributed by atoms with Gasteiger partial charge in [-0.3, -0.25) is 4.79 Å². The predicted molar refractivity (Wildman–Crippen MR) is 156 cm³/mol. The molecule has 1 aliphatic carbocycles. The van der Waals surface area contributed by atoms with Gasteiger partial charge >= 0.3 is 0 Å². The van der Waals surface area contributed by atoms with Crippen LogP contribution in [0.2, 0.25) is 0 Å². The van der Waals surface area contributed by atoms with Crippen LogP contribution in [0, 0.1) is 0 Å². The number of aliphatic hydroxyl groups is 2. The zero-order chi connectivity index (χ0) is 28.5. The molecule has 0 bridgehead atoms. The van der Waals surface area contributed by atoms with Gasteiger partial charge in [0.25, 0.3) is 0 Å². The molecule has 0 spiro atoms. The highest BCUT2D eigenvalue weighted by molar-refractivity contribution is 5.85. The van der Waals surface area contributed by atoms with E-state index in [-0.39, 0.29) is 18.0 Å². The molecule has 11 nitrogen and oxygen atoms in total. The van der Waals surface area contributed by atoms with Crippen LogP contribution in [0.15, 0.2) is 67.0 Å². The molecule has 41 heavy (non-hydrogen) atoms. The number of aromatic nitrogens is 4. The lowest BCUT2D eigenvalue weighted by atomic mass is 9.99. The summed E-state index contributed by atoms with van der Waals surface area (Å²) in [5, 5.41) is 28.3. The molecule has 4 aromatic rings. The second-order valence-corrected chi connectivity index (χ2v) is 10.9. The number of anilines is 2. The third kappa shape index (κ3) is 5.35. The van der Waals surface area contributed by atoms with E-state index < -0.39 is 24.3 Å². The van der Waals surface area contributed by atoms with Crippen molar-refractivity contribution in [2.24, 2.45) is 5.73 Å². The van der Waals surface area contributed by atoms with Crippen molar-refractivity contribution < 1.29 is 15.0 Å². The fourth-order valence-corrected chi connectivity index (χ4v) is 5.88. The average molecular weight is 557 g/mol. The highest BCUT2D eigenvalue weighted by atomic mass is 16.3. The molecule has 0 unspecified atom stereocenters. The number of amides is 1. The Labute approximate surface area is 238 Å². The molecule has 5 atom stereocenters. The largest absolute Gasteiger partial charge is 0.388 e. The lowest BCUT2D eigenvalue weighted by Crippen LogP contribution is -2.42. The van der Waals surface area contributed by atoms with Crippen LogP contribution >= 0.6 is 0 Å². The van der Waals surface area contributed by atoms with E-state index in [0.29, 0.717) is 42.3 Å². The number of carbonyl (C=O) groups excluding carboxylic acids is 1. The fourth-order valence-electron chi connectivity index (χ4n) is 5.88. The predicted octanol–water partition coefficient (Wildman–Crippen LogP) is 2.13. The van der Waals surface area contributed by atoms with Crippen LogP contribution in [0.5, 0.6) is 0 Å². The number of hydrogen-bond donors (Lipinski definition) is 5. The number of hydrogen-bond acceptors (Lipinski definition) is 9. The Hall–Kier alpha value is -4.06. The number of aliphatic hydroxyl groups excluding tert-OH is 2. The molecule has 0 radical (unpaired) electrons. The van der Waals surface area contributed by atoms with Crippen molar-refractivity contribution in [1.82, 2.24) is 24.8 Å². The van der Waals surface area contributed by atoms with E-state index in [2.05, 4.69) is 39.8 Å². The van der Waals surface area contributed by atoms with E-state index in [1.165, 1.54) is 0 Å². The molecule has 1 saturated carbocycles. The summed E-state index contributed by atoms with van der Waals surface area (Å²) < 4.78 is 1.80. The first-order chi connectivity index (χ1) is 19.9. The van der Waals surface area contributed by atoms with Gasteiger partial charge in [0.15, 0.2) is 17.0 Å². The summed E-state index contributed by atoms with van der Waals surface area (Å²) in [6.45, 7) is 3.12. The standard InChI is InChI=1S/C30H36N8O3/c1-2-23(39)33-21-15-22(27(41)26(21)40)38-17-32-25-28(35-30(36-29(25)38)37-14-13-20(31)16-37)34-24(18-9-5-3-6-10-18)19-11-7-4-8-12-19/h3-12,17,20-22,24,26-27,40-41H,2,13-16,31H2,1H3,(H,33,39)(H,34,35,36)/t20-,21+,22-,26-,27+/m1/s1. The third-order valence-corrected chi connectivity index (χ3v) is 8.14. The molecule has 11 heteroatoms. The Kier molecular flexibility index (Phi) is 7.57. The molecule has 2 aromatic carbocycles. The zero-order valence-corrected chi connectivity index (χ0v) is 23.0. The van der Waals surface area contributed by atoms with Crippen LogP contribution < -0.4 is 21.3 Å². The zero-order valence-electron chi connectivity index (χ0n) is 23.0. The monoisotopic (exact) mass is 556 g/mol. The van der Waals surface area contributed by atoms with E-state index in [4.69, 9.17) is 20.7 Å². The van der Waals surface area contributed by atoms with Gasteiger partial charge in [-0.05, 0) is 24.0 Å². The van der Waals surface area contributed by atoms with Gasteiger partial charge < -0.3 is 36.0 Å². The molecule has 1 aliphatic heterocycles. The molecule has 2 aromatic heterocycles. The van der Waals surface area contributed by atoms with Crippen LogP contribution in [0.3, 0.4) is 0 Å². The second kappa shape index (κ2) is 11.4. The van der Waals surface area contributed by atoms with Crippen molar-refractivity contribution in [3.8, 4) is 0 Å². The SMILES string of the molecule is CCC(=O)N[C@H]1C[C@@H](n2cnc3c(NC(c4ccccc4)c4ccccc4)nc(N4CC[C@@H](N)C4)nc32)[C@H](O)[C@@H]1O. The summed E-state index contributed by atoms with van der Waals surface area (Å²) in [5.74, 6) is 0.913. The van der Waals surface area contributed by atoms with Crippen LogP contribution in [0.25, 0.3) is 11.2 Å². The maximum absolute atomic E-state index is 12.1. The van der Waals surface area contributed by atoms with Gasteiger partial charge in [0.2, 0.25) is 11.9 Å². The van der Waals surface area contributed by atoms with Crippen molar-refractivity contribution in [3.63, 3.8) is 0 Å². The van der Waals surface area contributed by atoms with Crippen molar-refractivity contribution in [3.05, 3.63) is 78.1 Å². The molecular formula is C30H36N8O3. The Morgan fingerprint density at radius 1 is 1.05 bits per heavy atom. The summed E-state index contributed by atoms with van der Waals surface area (Å²) in [7, 11) is 0. The van der Waals surface area contributed by atoms with Gasteiger partial charge in [-0.15, -0.1) is 0 Å². The summed E-state index contributed by atoms with van der Waals surface area (Å²) in [6.07, 6.45) is 0.898. The number of imidazole rings is 1. The van der Waals surface area contributed by atoms with E-state index in [1.54, 1.807) is 17.8 Å². The Morgan fingerprint density at radius 3 is 2.34 bits per heavy atom. The van der Waals surface area contributed by atoms with Crippen LogP contribution in [0.4, 0.5) is 11.8 Å². The highest BCUT2D eigenvalue weighted by Gasteiger charge is 2.44. The van der Waals surface area contributed by atoms with Crippen LogP contribution in [-0.4, -0.2) is 73.0 Å². The quantitative estimate of drug-likeness (QED) is 0.220. The maximum atomic E-state index is 12.1. The number of benzene rings is 2. The van der Waals surface area contributed by atoms with E-state index in [0.717, 1.165) is 24.1 Å². The van der Waals surface area contributed by atoms with Crippen molar-refractivity contribution in [2.75, 3.05) is 23.3 Å². The first-order valence-corrected chi connectivity index (χ1v) is 14.2. The third-order valence-electron chi connectivity index (χ3n) is 8.14. The lowest BCUT2D eigenvalue weighted by Gasteiger charge is -2.23. The topological polar surface area (TPSA) is 154 Å². The Morgan fingerprint density at radius 2 is 1.73 bits per heavy atom. The van der Waals surface area contributed by atoms with Crippen molar-refractivity contribution >= 4 is 28.8 Å². The summed E-state index contributed by atoms with van der Waals surface area (Å²) >= 11 is 0. The van der Waals surface area contributed by atoms with Crippen molar-refractivity contribution in [2.45, 2.75) is 62.6 Å². The Balaban J connectivity index is 1.43. The van der Waals surface area contributed by atoms with Gasteiger partial charge in [0.1, 0.15) is 12.2 Å². The average Bonchev–Trinajstić information content (AvgIpc) is 3.70. The minimum absolute atomic E-state index is 0.0340. The van der Waals surface area contributed by atoms with Gasteiger partial charge in [-0.2, -0.15) is 9.97 Å². The molecule has 214 valence electrons. The maximum Gasteiger partial charge on any atom is 0.229 e. The smallest absolute Gasteiger partial charge is 0.229 e. The number of rotatable bonds is 8. The van der Waals surface area contributed by atoms with E-state index >= 15 is 0 Å². The van der Waals surface area contributed by atoms with Gasteiger partial charge in [-0.25, -0.2) is 4.98 Å². The molecule has 2 aliphatic rings. The summed E-state index contributed by atoms with van der Waals surface area (Å²) in [5.41, 5.74) is 9.46. The minimum atomic E-state index is -1.11. The van der Waals surface area contributed by atoms with Crippen LogP contribution in [0.1, 0.15) is 49.4 Å². The van der Waals surface area contributed by atoms with Crippen LogP contribution in [-0.2, 0) is 4.79 Å². The first-order valence-electron chi connectivity index (χ1n) is 14.2. The number of fused-ring (bicyclic) bond motifs is 1. The van der Waals surface area contributed by atoms with E-state index in [1.807, 2.05) is 36.4 Å². The van der Waals surface area contributed by atoms with Crippen molar-refractivity contribution in [1.29, 1.82) is 0 Å². The van der Waals surface area contributed by atoms with Gasteiger partial charge in [0, 0.05) is 25.6 Å². The Bertz CT molecular complexity index is 1460. The highest BCUT2D eigenvalue weighted by Crippen LogP contribution is 2.36. The molecule has 2 fully saturated rings.